The van der Waals surface area contributed by atoms with E-state index in [1.807, 2.05) is 18.2 Å². The monoisotopic (exact) mass is 405 g/mol. The summed E-state index contributed by atoms with van der Waals surface area (Å²) in [5.41, 5.74) is 5.83. The van der Waals surface area contributed by atoms with Crippen LogP contribution in [0.1, 0.15) is 44.0 Å². The summed E-state index contributed by atoms with van der Waals surface area (Å²) in [7, 11) is 0. The van der Waals surface area contributed by atoms with Crippen LogP contribution in [0.15, 0.2) is 60.7 Å². The standard InChI is InChI=1S/C26H31NO3/c1-19-5-7-20(8-6-19)24-15-11-22(12-16-25(28)29)27(24)17-18-30-23-13-9-21(10-14-23)26(2,3)4/h5-11,13-15H,12,16-18H2,1-4H3,(H,28,29). The number of carboxylic acids is 1. The van der Waals surface area contributed by atoms with Crippen molar-refractivity contribution >= 4 is 5.97 Å². The van der Waals surface area contributed by atoms with Gasteiger partial charge in [0.25, 0.3) is 0 Å². The Hall–Kier alpha value is -3.01. The zero-order chi connectivity index (χ0) is 21.7. The van der Waals surface area contributed by atoms with Crippen molar-refractivity contribution in [3.63, 3.8) is 0 Å². The van der Waals surface area contributed by atoms with E-state index in [4.69, 9.17) is 9.84 Å². The summed E-state index contributed by atoms with van der Waals surface area (Å²) < 4.78 is 8.18. The van der Waals surface area contributed by atoms with E-state index in [1.165, 1.54) is 11.1 Å². The van der Waals surface area contributed by atoms with E-state index in [-0.39, 0.29) is 11.8 Å². The second kappa shape index (κ2) is 9.21. The van der Waals surface area contributed by atoms with Gasteiger partial charge in [0.2, 0.25) is 0 Å². The molecule has 0 aliphatic rings. The van der Waals surface area contributed by atoms with Crippen LogP contribution >= 0.6 is 0 Å². The molecular formula is C26H31NO3. The zero-order valence-electron chi connectivity index (χ0n) is 18.3. The Morgan fingerprint density at radius 1 is 0.967 bits per heavy atom. The molecule has 1 heterocycles. The molecule has 4 heteroatoms. The molecule has 1 aromatic heterocycles. The molecule has 0 radical (unpaired) electrons. The maximum absolute atomic E-state index is 11.1. The molecule has 30 heavy (non-hydrogen) atoms. The molecule has 0 fully saturated rings. The number of carbonyl (C=O) groups is 1. The normalized spacial score (nSPS) is 11.5. The average molecular weight is 406 g/mol. The lowest BCUT2D eigenvalue weighted by Crippen LogP contribution is -2.13. The lowest BCUT2D eigenvalue weighted by Gasteiger charge is -2.19. The highest BCUT2D eigenvalue weighted by atomic mass is 16.5. The van der Waals surface area contributed by atoms with Crippen LogP contribution in [-0.4, -0.2) is 22.2 Å². The molecular weight excluding hydrogens is 374 g/mol. The van der Waals surface area contributed by atoms with E-state index in [0.717, 1.165) is 22.7 Å². The molecule has 0 atom stereocenters. The van der Waals surface area contributed by atoms with Crippen LogP contribution in [0.3, 0.4) is 0 Å². The molecule has 0 aliphatic heterocycles. The van der Waals surface area contributed by atoms with Gasteiger partial charge in [0.1, 0.15) is 12.4 Å². The average Bonchev–Trinajstić information content (AvgIpc) is 3.09. The number of aromatic nitrogens is 1. The number of aryl methyl sites for hydroxylation is 2. The fourth-order valence-electron chi connectivity index (χ4n) is 3.51. The largest absolute Gasteiger partial charge is 0.492 e. The van der Waals surface area contributed by atoms with Gasteiger partial charge in [0.05, 0.1) is 13.0 Å². The third-order valence-corrected chi connectivity index (χ3v) is 5.32. The highest BCUT2D eigenvalue weighted by Gasteiger charge is 2.14. The molecule has 0 saturated carbocycles. The molecule has 158 valence electrons. The lowest BCUT2D eigenvalue weighted by molar-refractivity contribution is -0.136. The van der Waals surface area contributed by atoms with Crippen molar-refractivity contribution in [2.75, 3.05) is 6.61 Å². The van der Waals surface area contributed by atoms with Crippen molar-refractivity contribution in [3.8, 4) is 17.0 Å². The Morgan fingerprint density at radius 3 is 2.23 bits per heavy atom. The maximum atomic E-state index is 11.1. The first kappa shape index (κ1) is 21.7. The molecule has 0 spiro atoms. The smallest absolute Gasteiger partial charge is 0.303 e. The third-order valence-electron chi connectivity index (χ3n) is 5.32. The summed E-state index contributed by atoms with van der Waals surface area (Å²) in [6, 6.07) is 20.7. The molecule has 4 nitrogen and oxygen atoms in total. The van der Waals surface area contributed by atoms with Crippen molar-refractivity contribution in [2.45, 2.75) is 52.5 Å². The Labute approximate surface area is 179 Å². The number of rotatable bonds is 8. The molecule has 2 aromatic carbocycles. The topological polar surface area (TPSA) is 51.5 Å². The van der Waals surface area contributed by atoms with Crippen LogP contribution in [-0.2, 0) is 23.2 Å². The highest BCUT2D eigenvalue weighted by molar-refractivity contribution is 5.67. The van der Waals surface area contributed by atoms with Gasteiger partial charge in [0.15, 0.2) is 0 Å². The second-order valence-corrected chi connectivity index (χ2v) is 8.74. The first-order valence-corrected chi connectivity index (χ1v) is 10.4. The molecule has 0 saturated heterocycles. The van der Waals surface area contributed by atoms with Gasteiger partial charge < -0.3 is 14.4 Å². The molecule has 0 unspecified atom stereocenters. The van der Waals surface area contributed by atoms with Crippen LogP contribution in [0.5, 0.6) is 5.75 Å². The zero-order valence-corrected chi connectivity index (χ0v) is 18.3. The summed E-state index contributed by atoms with van der Waals surface area (Å²) in [6.45, 7) is 9.83. The minimum Gasteiger partial charge on any atom is -0.492 e. The van der Waals surface area contributed by atoms with Crippen LogP contribution in [0.25, 0.3) is 11.3 Å². The Kier molecular flexibility index (Phi) is 6.66. The van der Waals surface area contributed by atoms with Gasteiger partial charge in [-0.3, -0.25) is 4.79 Å². The van der Waals surface area contributed by atoms with E-state index >= 15 is 0 Å². The van der Waals surface area contributed by atoms with Crippen molar-refractivity contribution in [3.05, 3.63) is 77.5 Å². The number of benzene rings is 2. The second-order valence-electron chi connectivity index (χ2n) is 8.74. The lowest BCUT2D eigenvalue weighted by atomic mass is 9.87. The Morgan fingerprint density at radius 2 is 1.63 bits per heavy atom. The van der Waals surface area contributed by atoms with Crippen LogP contribution < -0.4 is 4.74 Å². The first-order valence-electron chi connectivity index (χ1n) is 10.4. The Balaban J connectivity index is 1.75. The molecule has 0 aliphatic carbocycles. The van der Waals surface area contributed by atoms with Gasteiger partial charge in [-0.25, -0.2) is 0 Å². The number of nitrogens with zero attached hydrogens (tertiary/aromatic N) is 1. The van der Waals surface area contributed by atoms with Crippen LogP contribution in [0.4, 0.5) is 0 Å². The fraction of sp³-hybridized carbons (Fsp3) is 0.346. The summed E-state index contributed by atoms with van der Waals surface area (Å²) in [6.07, 6.45) is 0.619. The third kappa shape index (κ3) is 5.53. The molecule has 1 N–H and O–H groups in total. The van der Waals surface area contributed by atoms with Crippen molar-refractivity contribution in [1.82, 2.24) is 4.57 Å². The van der Waals surface area contributed by atoms with E-state index in [0.29, 0.717) is 19.6 Å². The number of hydrogen-bond donors (Lipinski definition) is 1. The van der Waals surface area contributed by atoms with Gasteiger partial charge in [0, 0.05) is 11.4 Å². The highest BCUT2D eigenvalue weighted by Crippen LogP contribution is 2.26. The van der Waals surface area contributed by atoms with E-state index in [2.05, 4.69) is 74.7 Å². The Bertz CT molecular complexity index is 977. The minimum atomic E-state index is -0.783. The van der Waals surface area contributed by atoms with Gasteiger partial charge in [-0.15, -0.1) is 0 Å². The quantitative estimate of drug-likeness (QED) is 0.511. The van der Waals surface area contributed by atoms with Gasteiger partial charge in [-0.05, 0) is 54.2 Å². The molecule has 3 rings (SSSR count). The molecule has 0 bridgehead atoms. The SMILES string of the molecule is Cc1ccc(-c2ccc(CCC(=O)O)n2CCOc2ccc(C(C)(C)C)cc2)cc1. The van der Waals surface area contributed by atoms with Gasteiger partial charge in [-0.1, -0.05) is 62.7 Å². The minimum absolute atomic E-state index is 0.117. The number of hydrogen-bond acceptors (Lipinski definition) is 2. The number of aliphatic carboxylic acids is 1. The van der Waals surface area contributed by atoms with E-state index in [1.54, 1.807) is 0 Å². The van der Waals surface area contributed by atoms with Gasteiger partial charge >= 0.3 is 5.97 Å². The molecule has 3 aromatic rings. The predicted octanol–water partition coefficient (Wildman–Crippen LogP) is 5.86. The predicted molar refractivity (Wildman–Crippen MR) is 121 cm³/mol. The van der Waals surface area contributed by atoms with Crippen molar-refractivity contribution in [1.29, 1.82) is 0 Å². The van der Waals surface area contributed by atoms with Crippen molar-refractivity contribution < 1.29 is 14.6 Å². The summed E-state index contributed by atoms with van der Waals surface area (Å²) in [4.78, 5) is 11.1. The summed E-state index contributed by atoms with van der Waals surface area (Å²) in [5.74, 6) is 0.0638. The van der Waals surface area contributed by atoms with E-state index < -0.39 is 5.97 Å². The van der Waals surface area contributed by atoms with Crippen LogP contribution in [0.2, 0.25) is 0 Å². The number of carboxylic acid groups (broad SMARTS) is 1. The van der Waals surface area contributed by atoms with Crippen molar-refractivity contribution in [2.24, 2.45) is 0 Å². The number of ether oxygens (including phenoxy) is 1. The maximum Gasteiger partial charge on any atom is 0.303 e. The fourth-order valence-corrected chi connectivity index (χ4v) is 3.51. The molecule has 0 amide bonds. The van der Waals surface area contributed by atoms with Gasteiger partial charge in [-0.2, -0.15) is 0 Å². The summed E-state index contributed by atoms with van der Waals surface area (Å²) in [5, 5.41) is 9.09. The van der Waals surface area contributed by atoms with E-state index in [9.17, 15) is 4.79 Å². The van der Waals surface area contributed by atoms with Crippen LogP contribution in [0, 0.1) is 6.92 Å². The first-order chi connectivity index (χ1) is 14.2. The summed E-state index contributed by atoms with van der Waals surface area (Å²) >= 11 is 0.